The average Bonchev–Trinajstić information content (AvgIpc) is 3.12. The molecule has 0 spiro atoms. The van der Waals surface area contributed by atoms with E-state index in [1.54, 1.807) is 17.7 Å². The number of rotatable bonds is 2. The molecule has 2 aromatic heterocycles. The van der Waals surface area contributed by atoms with E-state index in [2.05, 4.69) is 50.4 Å². The first-order valence-corrected chi connectivity index (χ1v) is 10.00. The van der Waals surface area contributed by atoms with Crippen LogP contribution in [-0.2, 0) is 4.79 Å². The third-order valence-corrected chi connectivity index (χ3v) is 6.45. The summed E-state index contributed by atoms with van der Waals surface area (Å²) in [5.74, 6) is 1.34. The first-order valence-electron chi connectivity index (χ1n) is 9.12. The molecule has 0 aromatic carbocycles. The van der Waals surface area contributed by atoms with Crippen LogP contribution in [0.4, 0.5) is 5.82 Å². The van der Waals surface area contributed by atoms with Gasteiger partial charge in [0, 0.05) is 38.3 Å². The lowest BCUT2D eigenvalue weighted by molar-refractivity contribution is -0.139. The Morgan fingerprint density at radius 1 is 1.31 bits per heavy atom. The maximum atomic E-state index is 13.1. The van der Waals surface area contributed by atoms with Crippen molar-refractivity contribution in [3.05, 3.63) is 17.8 Å². The minimum atomic E-state index is 0. The summed E-state index contributed by atoms with van der Waals surface area (Å²) < 4.78 is 0. The fraction of sp³-hybridized carbons (Fsp3) is 0.611. The van der Waals surface area contributed by atoms with Gasteiger partial charge in [-0.2, -0.15) is 0 Å². The summed E-state index contributed by atoms with van der Waals surface area (Å²) in [5, 5.41) is 6.61. The number of hydrogen-bond acceptors (Lipinski definition) is 6. The van der Waals surface area contributed by atoms with Gasteiger partial charge in [-0.05, 0) is 38.1 Å². The number of amides is 1. The molecule has 8 heteroatoms. The maximum Gasteiger partial charge on any atom is 0.227 e. The van der Waals surface area contributed by atoms with Crippen LogP contribution in [0.1, 0.15) is 26.7 Å². The molecular formula is C18H26ClN5OS. The van der Waals surface area contributed by atoms with Gasteiger partial charge in [0.2, 0.25) is 5.91 Å². The number of nitrogens with one attached hydrogen (secondary N) is 1. The van der Waals surface area contributed by atoms with Gasteiger partial charge in [0.1, 0.15) is 17.0 Å². The summed E-state index contributed by atoms with van der Waals surface area (Å²) in [6.07, 6.45) is 3.64. The molecule has 3 unspecified atom stereocenters. The van der Waals surface area contributed by atoms with E-state index in [1.165, 1.54) is 0 Å². The van der Waals surface area contributed by atoms with Crippen LogP contribution in [0.25, 0.3) is 10.2 Å². The van der Waals surface area contributed by atoms with Crippen molar-refractivity contribution in [2.24, 2.45) is 5.92 Å². The molecule has 0 radical (unpaired) electrons. The van der Waals surface area contributed by atoms with Crippen LogP contribution in [0.3, 0.4) is 0 Å². The molecule has 4 rings (SSSR count). The van der Waals surface area contributed by atoms with Crippen molar-refractivity contribution in [1.82, 2.24) is 20.2 Å². The number of aromatic nitrogens is 2. The molecule has 2 aliphatic rings. The van der Waals surface area contributed by atoms with Crippen molar-refractivity contribution in [2.75, 3.05) is 31.1 Å². The Morgan fingerprint density at radius 2 is 2.15 bits per heavy atom. The molecule has 4 heterocycles. The van der Waals surface area contributed by atoms with Crippen LogP contribution in [0, 0.1) is 5.92 Å². The largest absolute Gasteiger partial charge is 0.355 e. The molecule has 2 aromatic rings. The van der Waals surface area contributed by atoms with E-state index in [-0.39, 0.29) is 24.4 Å². The normalized spacial score (nSPS) is 26.6. The smallest absolute Gasteiger partial charge is 0.227 e. The highest BCUT2D eigenvalue weighted by Crippen LogP contribution is 2.30. The number of fused-ring (bicyclic) bond motifs is 1. The van der Waals surface area contributed by atoms with Crippen molar-refractivity contribution >= 4 is 45.7 Å². The highest BCUT2D eigenvalue weighted by atomic mass is 35.5. The predicted octanol–water partition coefficient (Wildman–Crippen LogP) is 2.54. The molecule has 142 valence electrons. The van der Waals surface area contributed by atoms with Crippen LogP contribution in [0.15, 0.2) is 17.8 Å². The third-order valence-electron chi connectivity index (χ3n) is 5.63. The Balaban J connectivity index is 0.00000196. The van der Waals surface area contributed by atoms with Crippen molar-refractivity contribution in [2.45, 2.75) is 38.8 Å². The van der Waals surface area contributed by atoms with Gasteiger partial charge in [0.25, 0.3) is 0 Å². The summed E-state index contributed by atoms with van der Waals surface area (Å²) >= 11 is 1.64. The molecule has 3 atom stereocenters. The van der Waals surface area contributed by atoms with E-state index >= 15 is 0 Å². The van der Waals surface area contributed by atoms with E-state index in [1.807, 2.05) is 0 Å². The topological polar surface area (TPSA) is 61.4 Å². The Morgan fingerprint density at radius 3 is 3.00 bits per heavy atom. The number of piperazine rings is 1. The summed E-state index contributed by atoms with van der Waals surface area (Å²) in [7, 11) is 0. The Hall–Kier alpha value is -1.44. The zero-order valence-corrected chi connectivity index (χ0v) is 16.9. The monoisotopic (exact) mass is 395 g/mol. The zero-order chi connectivity index (χ0) is 17.4. The molecule has 2 fully saturated rings. The second-order valence-corrected chi connectivity index (χ2v) is 8.03. The molecule has 1 amide bonds. The van der Waals surface area contributed by atoms with E-state index < -0.39 is 0 Å². The molecule has 1 N–H and O–H groups in total. The van der Waals surface area contributed by atoms with Crippen LogP contribution >= 0.6 is 23.7 Å². The van der Waals surface area contributed by atoms with Gasteiger partial charge in [-0.15, -0.1) is 23.7 Å². The Bertz CT molecular complexity index is 769. The molecule has 0 saturated carbocycles. The number of halogens is 1. The van der Waals surface area contributed by atoms with Gasteiger partial charge in [0.15, 0.2) is 0 Å². The number of piperidine rings is 1. The van der Waals surface area contributed by atoms with Gasteiger partial charge < -0.3 is 15.1 Å². The quantitative estimate of drug-likeness (QED) is 0.846. The van der Waals surface area contributed by atoms with Crippen molar-refractivity contribution in [3.8, 4) is 0 Å². The van der Waals surface area contributed by atoms with E-state index in [0.29, 0.717) is 11.9 Å². The molecule has 2 saturated heterocycles. The summed E-state index contributed by atoms with van der Waals surface area (Å²) in [4.78, 5) is 27.4. The molecule has 26 heavy (non-hydrogen) atoms. The van der Waals surface area contributed by atoms with E-state index in [0.717, 1.165) is 55.1 Å². The third kappa shape index (κ3) is 3.52. The number of nitrogens with zero attached hydrogens (tertiary/aromatic N) is 4. The number of thiophene rings is 1. The lowest BCUT2D eigenvalue weighted by Crippen LogP contribution is -2.59. The lowest BCUT2D eigenvalue weighted by Gasteiger charge is -2.42. The minimum absolute atomic E-state index is 0. The highest BCUT2D eigenvalue weighted by molar-refractivity contribution is 7.16. The van der Waals surface area contributed by atoms with Crippen LogP contribution < -0.4 is 10.2 Å². The lowest BCUT2D eigenvalue weighted by atomic mass is 9.94. The second-order valence-electron chi connectivity index (χ2n) is 7.14. The van der Waals surface area contributed by atoms with Gasteiger partial charge in [-0.3, -0.25) is 4.79 Å². The van der Waals surface area contributed by atoms with Crippen LogP contribution in [0.2, 0.25) is 0 Å². The first kappa shape index (κ1) is 19.3. The van der Waals surface area contributed by atoms with Crippen molar-refractivity contribution in [1.29, 1.82) is 0 Å². The molecule has 0 aliphatic carbocycles. The first-order chi connectivity index (χ1) is 12.1. The van der Waals surface area contributed by atoms with Gasteiger partial charge in [-0.25, -0.2) is 9.97 Å². The molecular weight excluding hydrogens is 370 g/mol. The number of hydrogen-bond donors (Lipinski definition) is 1. The average molecular weight is 396 g/mol. The van der Waals surface area contributed by atoms with Crippen LogP contribution in [0.5, 0.6) is 0 Å². The van der Waals surface area contributed by atoms with Crippen molar-refractivity contribution < 1.29 is 4.79 Å². The van der Waals surface area contributed by atoms with Gasteiger partial charge >= 0.3 is 0 Å². The maximum absolute atomic E-state index is 13.1. The fourth-order valence-corrected chi connectivity index (χ4v) is 4.73. The van der Waals surface area contributed by atoms with E-state index in [9.17, 15) is 4.79 Å². The van der Waals surface area contributed by atoms with E-state index in [4.69, 9.17) is 0 Å². The summed E-state index contributed by atoms with van der Waals surface area (Å²) in [6, 6.07) is 2.69. The highest BCUT2D eigenvalue weighted by Gasteiger charge is 2.35. The number of carbonyl (C=O) groups is 1. The van der Waals surface area contributed by atoms with Gasteiger partial charge in [-0.1, -0.05) is 0 Å². The Labute approximate surface area is 164 Å². The SMILES string of the molecule is CC1NCCN(C(=O)C2CCCN(c3ncnc4sccc34)C2)C1C.Cl. The number of anilines is 1. The number of carbonyl (C=O) groups excluding carboxylic acids is 1. The Kier molecular flexibility index (Phi) is 5.99. The zero-order valence-electron chi connectivity index (χ0n) is 15.2. The predicted molar refractivity (Wildman–Crippen MR) is 108 cm³/mol. The summed E-state index contributed by atoms with van der Waals surface area (Å²) in [6.45, 7) is 7.71. The van der Waals surface area contributed by atoms with Crippen LogP contribution in [-0.4, -0.2) is 59.0 Å². The molecule has 0 bridgehead atoms. The summed E-state index contributed by atoms with van der Waals surface area (Å²) in [5.41, 5.74) is 0. The minimum Gasteiger partial charge on any atom is -0.355 e. The van der Waals surface area contributed by atoms with Gasteiger partial charge in [0.05, 0.1) is 11.3 Å². The fourth-order valence-electron chi connectivity index (χ4n) is 4.00. The second kappa shape index (κ2) is 8.06. The molecule has 6 nitrogen and oxygen atoms in total. The standard InChI is InChI=1S/C18H25N5OS.ClH/c1-12-13(2)23(8-6-19-12)18(24)14-4-3-7-22(10-14)16-15-5-9-25-17(15)21-11-20-16;/h5,9,11-14,19H,3-4,6-8,10H2,1-2H3;1H. The molecule has 2 aliphatic heterocycles. The van der Waals surface area contributed by atoms with Crippen molar-refractivity contribution in [3.63, 3.8) is 0 Å².